The molecule has 3 aromatic rings. The lowest BCUT2D eigenvalue weighted by atomic mass is 9.82. The number of hydrogen-bond donors (Lipinski definition) is 2. The highest BCUT2D eigenvalue weighted by molar-refractivity contribution is 5.82. The SMILES string of the molecule is N[C@@H](Cc1cnc[nH]1)C(=O)N1C[C@@H]2C[C@H](C1)c1cc(-c3ccccc3)cc(=O)n1C2. The molecule has 1 aromatic carbocycles. The normalized spacial score (nSPS) is 21.2. The summed E-state index contributed by atoms with van der Waals surface area (Å²) in [4.78, 5) is 34.8. The van der Waals surface area contributed by atoms with E-state index in [0.717, 1.165) is 28.9 Å². The Kier molecular flexibility index (Phi) is 4.75. The van der Waals surface area contributed by atoms with E-state index in [4.69, 9.17) is 5.73 Å². The Morgan fingerprint density at radius 2 is 2.00 bits per heavy atom. The number of H-pyrrole nitrogens is 1. The van der Waals surface area contributed by atoms with Gasteiger partial charge in [-0.15, -0.1) is 0 Å². The van der Waals surface area contributed by atoms with Crippen molar-refractivity contribution in [1.82, 2.24) is 19.4 Å². The van der Waals surface area contributed by atoms with Gasteiger partial charge in [0.05, 0.1) is 12.4 Å². The number of fused-ring (bicyclic) bond motifs is 4. The quantitative estimate of drug-likeness (QED) is 0.694. The molecular weight excluding hydrogens is 378 g/mol. The smallest absolute Gasteiger partial charge is 0.251 e. The number of aromatic amines is 1. The first-order valence-corrected chi connectivity index (χ1v) is 10.4. The second-order valence-electron chi connectivity index (χ2n) is 8.41. The predicted octanol–water partition coefficient (Wildman–Crippen LogP) is 1.75. The third-order valence-electron chi connectivity index (χ3n) is 6.29. The van der Waals surface area contributed by atoms with E-state index in [0.29, 0.717) is 26.1 Å². The summed E-state index contributed by atoms with van der Waals surface area (Å²) in [5, 5.41) is 0. The molecule has 0 radical (unpaired) electrons. The molecule has 2 aliphatic heterocycles. The fourth-order valence-corrected chi connectivity index (χ4v) is 4.89. The molecule has 1 saturated heterocycles. The molecule has 7 heteroatoms. The van der Waals surface area contributed by atoms with E-state index in [-0.39, 0.29) is 23.3 Å². The third-order valence-corrected chi connectivity index (χ3v) is 6.29. The summed E-state index contributed by atoms with van der Waals surface area (Å²) < 4.78 is 1.90. The van der Waals surface area contributed by atoms with Crippen molar-refractivity contribution in [3.8, 4) is 11.1 Å². The second-order valence-corrected chi connectivity index (χ2v) is 8.41. The van der Waals surface area contributed by atoms with Crippen LogP contribution in [0.2, 0.25) is 0 Å². The number of aromatic nitrogens is 3. The molecule has 0 unspecified atom stereocenters. The van der Waals surface area contributed by atoms with Crippen LogP contribution in [0.4, 0.5) is 0 Å². The van der Waals surface area contributed by atoms with Crippen LogP contribution in [-0.4, -0.2) is 44.5 Å². The Morgan fingerprint density at radius 1 is 1.17 bits per heavy atom. The van der Waals surface area contributed by atoms with Crippen LogP contribution in [0, 0.1) is 5.92 Å². The van der Waals surface area contributed by atoms with E-state index in [1.807, 2.05) is 39.8 Å². The number of nitrogens with one attached hydrogen (secondary N) is 1. The highest BCUT2D eigenvalue weighted by atomic mass is 16.2. The Bertz CT molecular complexity index is 1110. The molecule has 7 nitrogen and oxygen atoms in total. The van der Waals surface area contributed by atoms with E-state index in [1.54, 1.807) is 18.6 Å². The van der Waals surface area contributed by atoms with Crippen molar-refractivity contribution >= 4 is 5.91 Å². The van der Waals surface area contributed by atoms with Crippen molar-refractivity contribution < 1.29 is 4.79 Å². The van der Waals surface area contributed by atoms with Gasteiger partial charge in [0.2, 0.25) is 5.91 Å². The molecule has 0 aliphatic carbocycles. The van der Waals surface area contributed by atoms with Gasteiger partial charge in [0.15, 0.2) is 0 Å². The number of nitrogens with two attached hydrogens (primary N) is 1. The maximum absolute atomic E-state index is 13.0. The van der Waals surface area contributed by atoms with E-state index in [9.17, 15) is 9.59 Å². The number of pyridine rings is 1. The summed E-state index contributed by atoms with van der Waals surface area (Å²) in [6.45, 7) is 1.90. The molecule has 2 bridgehead atoms. The lowest BCUT2D eigenvalue weighted by Crippen LogP contribution is -2.53. The molecule has 3 N–H and O–H groups in total. The van der Waals surface area contributed by atoms with Crippen molar-refractivity contribution in [2.24, 2.45) is 11.7 Å². The first-order chi connectivity index (χ1) is 14.6. The maximum Gasteiger partial charge on any atom is 0.251 e. The molecule has 3 atom stereocenters. The zero-order valence-corrected chi connectivity index (χ0v) is 16.7. The van der Waals surface area contributed by atoms with Crippen LogP contribution in [0.3, 0.4) is 0 Å². The van der Waals surface area contributed by atoms with Crippen molar-refractivity contribution in [2.75, 3.05) is 13.1 Å². The Balaban J connectivity index is 1.40. The van der Waals surface area contributed by atoms with Crippen LogP contribution in [0.5, 0.6) is 0 Å². The van der Waals surface area contributed by atoms with Gasteiger partial charge < -0.3 is 20.2 Å². The van der Waals surface area contributed by atoms with E-state index in [1.165, 1.54) is 0 Å². The average molecular weight is 403 g/mol. The fraction of sp³-hybridized carbons (Fsp3) is 0.348. The molecule has 1 amide bonds. The highest BCUT2D eigenvalue weighted by Gasteiger charge is 2.37. The number of amides is 1. The lowest BCUT2D eigenvalue weighted by molar-refractivity contribution is -0.135. The van der Waals surface area contributed by atoms with Gasteiger partial charge in [0, 0.05) is 55.6 Å². The third kappa shape index (κ3) is 3.45. The molecule has 1 fully saturated rings. The van der Waals surface area contributed by atoms with Crippen molar-refractivity contribution in [2.45, 2.75) is 31.3 Å². The van der Waals surface area contributed by atoms with E-state index >= 15 is 0 Å². The van der Waals surface area contributed by atoms with Gasteiger partial charge in [0.1, 0.15) is 0 Å². The Hall–Kier alpha value is -3.19. The minimum absolute atomic E-state index is 0.0330. The van der Waals surface area contributed by atoms with Crippen LogP contribution < -0.4 is 11.3 Å². The molecule has 2 aromatic heterocycles. The van der Waals surface area contributed by atoms with Crippen molar-refractivity contribution in [1.29, 1.82) is 0 Å². The number of benzene rings is 1. The van der Waals surface area contributed by atoms with E-state index < -0.39 is 6.04 Å². The van der Waals surface area contributed by atoms with Crippen LogP contribution in [-0.2, 0) is 17.8 Å². The van der Waals surface area contributed by atoms with Gasteiger partial charge in [-0.1, -0.05) is 30.3 Å². The fourth-order valence-electron chi connectivity index (χ4n) is 4.89. The number of carbonyl (C=O) groups excluding carboxylic acids is 1. The standard InChI is InChI=1S/C23H25N5O2/c24-20(9-19-10-25-14-26-19)23(30)27-11-15-6-18(13-27)21-7-17(8-22(29)28(21)12-15)16-4-2-1-3-5-16/h1-5,7-8,10,14-15,18,20H,6,9,11-13,24H2,(H,25,26)/t15-,18+,20-/m0/s1. The summed E-state index contributed by atoms with van der Waals surface area (Å²) in [6.07, 6.45) is 4.73. The number of imidazole rings is 1. The number of carbonyl (C=O) groups is 1. The topological polar surface area (TPSA) is 97.0 Å². The zero-order valence-electron chi connectivity index (χ0n) is 16.7. The summed E-state index contributed by atoms with van der Waals surface area (Å²) in [7, 11) is 0. The Morgan fingerprint density at radius 3 is 2.77 bits per heavy atom. The molecule has 154 valence electrons. The minimum atomic E-state index is -0.595. The predicted molar refractivity (Wildman–Crippen MR) is 114 cm³/mol. The molecule has 0 saturated carbocycles. The van der Waals surface area contributed by atoms with Gasteiger partial charge in [-0.3, -0.25) is 9.59 Å². The monoisotopic (exact) mass is 403 g/mol. The number of hydrogen-bond acceptors (Lipinski definition) is 4. The van der Waals surface area contributed by atoms with Gasteiger partial charge in [-0.25, -0.2) is 4.98 Å². The average Bonchev–Trinajstić information content (AvgIpc) is 3.27. The first-order valence-electron chi connectivity index (χ1n) is 10.4. The molecule has 0 spiro atoms. The van der Waals surface area contributed by atoms with Gasteiger partial charge in [-0.2, -0.15) is 0 Å². The van der Waals surface area contributed by atoms with Gasteiger partial charge in [0.25, 0.3) is 5.56 Å². The largest absolute Gasteiger partial charge is 0.348 e. The van der Waals surface area contributed by atoms with Crippen molar-refractivity contribution in [3.05, 3.63) is 76.7 Å². The van der Waals surface area contributed by atoms with Crippen LogP contribution in [0.25, 0.3) is 11.1 Å². The molecule has 5 rings (SSSR count). The van der Waals surface area contributed by atoms with Crippen LogP contribution in [0.1, 0.15) is 23.7 Å². The first kappa shape index (κ1) is 18.8. The maximum atomic E-state index is 13.0. The summed E-state index contributed by atoms with van der Waals surface area (Å²) >= 11 is 0. The molecule has 2 aliphatic rings. The Labute approximate surface area is 174 Å². The van der Waals surface area contributed by atoms with Crippen LogP contribution in [0.15, 0.2) is 59.8 Å². The number of nitrogens with zero attached hydrogens (tertiary/aromatic N) is 3. The summed E-state index contributed by atoms with van der Waals surface area (Å²) in [5.74, 6) is 0.395. The highest BCUT2D eigenvalue weighted by Crippen LogP contribution is 2.36. The molecular formula is C23H25N5O2. The summed E-state index contributed by atoms with van der Waals surface area (Å²) in [5.41, 5.74) is 10.1. The second kappa shape index (κ2) is 7.57. The molecule has 30 heavy (non-hydrogen) atoms. The summed E-state index contributed by atoms with van der Waals surface area (Å²) in [6, 6.07) is 13.2. The number of piperidine rings is 1. The zero-order chi connectivity index (χ0) is 20.7. The minimum Gasteiger partial charge on any atom is -0.348 e. The molecule has 4 heterocycles. The number of likely N-dealkylation sites (tertiary alicyclic amines) is 1. The van der Waals surface area contributed by atoms with Crippen molar-refractivity contribution in [3.63, 3.8) is 0 Å². The van der Waals surface area contributed by atoms with Gasteiger partial charge in [-0.05, 0) is 29.5 Å². The van der Waals surface area contributed by atoms with Crippen LogP contribution >= 0.6 is 0 Å². The van der Waals surface area contributed by atoms with E-state index in [2.05, 4.69) is 16.0 Å². The number of rotatable bonds is 4. The lowest BCUT2D eigenvalue weighted by Gasteiger charge is -2.43. The van der Waals surface area contributed by atoms with Gasteiger partial charge >= 0.3 is 0 Å².